The molecule has 0 bridgehead atoms. The summed E-state index contributed by atoms with van der Waals surface area (Å²) in [5, 5.41) is 5.28. The second kappa shape index (κ2) is 9.30. The molecule has 0 aliphatic rings. The molecule has 34 heavy (non-hydrogen) atoms. The van der Waals surface area contributed by atoms with Crippen molar-refractivity contribution in [2.24, 2.45) is 0 Å². The lowest BCUT2D eigenvalue weighted by molar-refractivity contribution is -1.92. The molecule has 0 fully saturated rings. The van der Waals surface area contributed by atoms with Crippen LogP contribution in [0.15, 0.2) is 72.8 Å². The Balaban J connectivity index is 0.000000499. The molecule has 0 radical (unpaired) electrons. The van der Waals surface area contributed by atoms with Crippen LogP contribution in [0.25, 0.3) is 43.6 Å². The van der Waals surface area contributed by atoms with Crippen LogP contribution in [0.4, 0.5) is 5.82 Å². The third-order valence-corrected chi connectivity index (χ3v) is 5.43. The van der Waals surface area contributed by atoms with Gasteiger partial charge < -0.3 is 15.2 Å². The van der Waals surface area contributed by atoms with Gasteiger partial charge in [0.1, 0.15) is 17.3 Å². The highest BCUT2D eigenvalue weighted by molar-refractivity contribution is 6.23. The Bertz CT molecular complexity index is 1490. The molecule has 174 valence electrons. The zero-order chi connectivity index (χ0) is 24.5. The van der Waals surface area contributed by atoms with Crippen LogP contribution in [0, 0.1) is 10.2 Å². The van der Waals surface area contributed by atoms with Crippen LogP contribution in [0.1, 0.15) is 0 Å². The number of rotatable bonds is 3. The molecule has 0 saturated carbocycles. The second-order valence-electron chi connectivity index (χ2n) is 7.37. The number of anilines is 1. The molecule has 9 heteroatoms. The third kappa shape index (κ3) is 4.67. The number of nitrogen functional groups attached to an aromatic ring is 1. The fourth-order valence-electron chi connectivity index (χ4n) is 4.06. The summed E-state index contributed by atoms with van der Waals surface area (Å²) in [4.78, 5) is 4.82. The first-order chi connectivity index (χ1) is 16.2. The lowest BCUT2D eigenvalue weighted by atomic mass is 9.92. The Hall–Kier alpha value is -3.66. The molecule has 0 aliphatic carbocycles. The maximum absolute atomic E-state index is 8.60. The topological polar surface area (TPSA) is 147 Å². The summed E-state index contributed by atoms with van der Waals surface area (Å²) in [5.74, 6) is 2.04. The maximum Gasteiger partial charge on any atom is 0.132 e. The van der Waals surface area contributed by atoms with E-state index < -0.39 is 10.2 Å². The number of nitrogens with two attached hydrogens (primary N) is 1. The molecular formula is C25H21ClN2O6. The average Bonchev–Trinajstić information content (AvgIpc) is 2.82. The summed E-state index contributed by atoms with van der Waals surface area (Å²) >= 11 is 0. The number of pyridine rings is 1. The van der Waals surface area contributed by atoms with Gasteiger partial charge in [-0.15, -0.1) is 0 Å². The van der Waals surface area contributed by atoms with Gasteiger partial charge in [0.2, 0.25) is 0 Å². The molecule has 0 aliphatic heterocycles. The number of fused-ring (bicyclic) bond motifs is 5. The molecule has 0 spiro atoms. The minimum Gasteiger partial charge on any atom is -0.497 e. The average molecular weight is 481 g/mol. The van der Waals surface area contributed by atoms with E-state index in [1.54, 1.807) is 14.2 Å². The standard InChI is InChI=1S/C25H20N2O2.ClHO4/c1-28-16-11-12-18(22(14-16)29-2)21-13-15-7-3-4-8-17(15)24-23(21)19-9-5-6-10-20(19)25(26)27-24;2-1(3,4)5/h3-14H,1-2H3,(H2,26,27);(H,2,3,4,5). The summed E-state index contributed by atoms with van der Waals surface area (Å²) in [5.41, 5.74) is 9.28. The molecular weight excluding hydrogens is 460 g/mol. The van der Waals surface area contributed by atoms with Gasteiger partial charge in [-0.2, -0.15) is 14.0 Å². The molecule has 3 N–H and O–H groups in total. The number of benzene rings is 4. The van der Waals surface area contributed by atoms with Crippen molar-refractivity contribution in [1.82, 2.24) is 4.98 Å². The van der Waals surface area contributed by atoms with E-state index in [9.17, 15) is 0 Å². The van der Waals surface area contributed by atoms with Gasteiger partial charge in [-0.3, -0.25) is 0 Å². The smallest absolute Gasteiger partial charge is 0.132 e. The molecule has 5 aromatic rings. The van der Waals surface area contributed by atoms with Gasteiger partial charge in [0.15, 0.2) is 0 Å². The number of hydrogen-bond donors (Lipinski definition) is 2. The Kier molecular flexibility index (Phi) is 6.43. The van der Waals surface area contributed by atoms with E-state index in [-0.39, 0.29) is 0 Å². The number of halogens is 1. The minimum atomic E-state index is -4.69. The quantitative estimate of drug-likeness (QED) is 0.371. The summed E-state index contributed by atoms with van der Waals surface area (Å²) in [6.45, 7) is 0. The van der Waals surface area contributed by atoms with Crippen LogP contribution < -0.4 is 29.2 Å². The van der Waals surface area contributed by atoms with E-state index in [0.717, 1.165) is 55.1 Å². The number of hydrogen-bond acceptors (Lipinski definition) is 8. The van der Waals surface area contributed by atoms with Gasteiger partial charge in [-0.25, -0.2) is 4.98 Å². The van der Waals surface area contributed by atoms with Crippen LogP contribution in [-0.4, -0.2) is 23.9 Å². The van der Waals surface area contributed by atoms with Crippen molar-refractivity contribution in [3.63, 3.8) is 0 Å². The van der Waals surface area contributed by atoms with Gasteiger partial charge in [0, 0.05) is 27.8 Å². The summed E-state index contributed by atoms with van der Waals surface area (Å²) in [7, 11) is -1.37. The minimum absolute atomic E-state index is 0.539. The van der Waals surface area contributed by atoms with Gasteiger partial charge in [0.05, 0.1) is 34.6 Å². The predicted octanol–water partition coefficient (Wildman–Crippen LogP) is 1.68. The van der Waals surface area contributed by atoms with Crippen molar-refractivity contribution < 1.29 is 38.4 Å². The van der Waals surface area contributed by atoms with Crippen molar-refractivity contribution in [2.45, 2.75) is 0 Å². The van der Waals surface area contributed by atoms with E-state index in [1.165, 1.54) is 0 Å². The second-order valence-corrected chi connectivity index (χ2v) is 8.17. The highest BCUT2D eigenvalue weighted by Gasteiger charge is 2.17. The van der Waals surface area contributed by atoms with Crippen molar-refractivity contribution in [3.8, 4) is 22.6 Å². The van der Waals surface area contributed by atoms with Crippen LogP contribution >= 0.6 is 0 Å². The van der Waals surface area contributed by atoms with Crippen LogP contribution in [0.3, 0.4) is 0 Å². The number of nitrogens with zero attached hydrogens (tertiary/aromatic N) is 1. The van der Waals surface area contributed by atoms with Gasteiger partial charge in [-0.1, -0.05) is 48.5 Å². The Morgan fingerprint density at radius 1 is 0.794 bits per heavy atom. The molecule has 1 aromatic heterocycles. The number of methoxy groups -OCH3 is 2. The molecule has 0 unspecified atom stereocenters. The first-order valence-corrected chi connectivity index (χ1v) is 11.3. The zero-order valence-electron chi connectivity index (χ0n) is 18.3. The molecule has 0 atom stereocenters. The molecule has 5 rings (SSSR count). The normalized spacial score (nSPS) is 11.4. The van der Waals surface area contributed by atoms with Crippen LogP contribution in [0.2, 0.25) is 0 Å². The number of ether oxygens (including phenoxy) is 2. The summed E-state index contributed by atoms with van der Waals surface area (Å²) < 4.78 is 43.8. The Labute approximate surface area is 197 Å². The summed E-state index contributed by atoms with van der Waals surface area (Å²) in [6, 6.07) is 24.5. The Morgan fingerprint density at radius 3 is 2.06 bits per heavy atom. The largest absolute Gasteiger partial charge is 0.497 e. The van der Waals surface area contributed by atoms with Crippen molar-refractivity contribution in [3.05, 3.63) is 72.8 Å². The molecule has 8 nitrogen and oxygen atoms in total. The number of aromatic nitrogens is 1. The molecule has 4 aromatic carbocycles. The van der Waals surface area contributed by atoms with Crippen molar-refractivity contribution in [2.75, 3.05) is 20.0 Å². The SMILES string of the molecule is COc1ccc(-c2cc3ccccc3c3nc(N)c4ccccc4c23)c(OC)c1.[O-][Cl+3]([O-])([O-])O. The van der Waals surface area contributed by atoms with Crippen LogP contribution in [0.5, 0.6) is 11.5 Å². The van der Waals surface area contributed by atoms with E-state index >= 15 is 0 Å². The van der Waals surface area contributed by atoms with Crippen molar-refractivity contribution in [1.29, 1.82) is 0 Å². The van der Waals surface area contributed by atoms with Gasteiger partial charge >= 0.3 is 0 Å². The highest BCUT2D eigenvalue weighted by atomic mass is 35.7. The van der Waals surface area contributed by atoms with Gasteiger partial charge in [0.25, 0.3) is 0 Å². The van der Waals surface area contributed by atoms with Gasteiger partial charge in [-0.05, 0) is 34.5 Å². The maximum atomic E-state index is 8.60. The van der Waals surface area contributed by atoms with E-state index in [2.05, 4.69) is 24.3 Å². The molecule has 1 heterocycles. The lowest BCUT2D eigenvalue weighted by Gasteiger charge is -2.16. The third-order valence-electron chi connectivity index (χ3n) is 5.43. The predicted molar refractivity (Wildman–Crippen MR) is 122 cm³/mol. The molecule has 0 saturated heterocycles. The first-order valence-electron chi connectivity index (χ1n) is 10.1. The monoisotopic (exact) mass is 480 g/mol. The Morgan fingerprint density at radius 2 is 1.41 bits per heavy atom. The lowest BCUT2D eigenvalue weighted by Crippen LogP contribution is -2.58. The first kappa shape index (κ1) is 23.5. The van der Waals surface area contributed by atoms with E-state index in [0.29, 0.717) is 5.82 Å². The van der Waals surface area contributed by atoms with Crippen molar-refractivity contribution >= 4 is 38.3 Å². The summed E-state index contributed by atoms with van der Waals surface area (Å²) in [6.07, 6.45) is 0. The fraction of sp³-hybridized carbons (Fsp3) is 0.0800. The fourth-order valence-corrected chi connectivity index (χ4v) is 4.06. The van der Waals surface area contributed by atoms with E-state index in [4.69, 9.17) is 38.8 Å². The van der Waals surface area contributed by atoms with Crippen LogP contribution in [-0.2, 0) is 0 Å². The zero-order valence-corrected chi connectivity index (χ0v) is 19.1. The van der Waals surface area contributed by atoms with E-state index in [1.807, 2.05) is 48.5 Å². The molecule has 0 amide bonds. The highest BCUT2D eigenvalue weighted by Crippen LogP contribution is 2.43.